The van der Waals surface area contributed by atoms with Crippen molar-refractivity contribution in [3.05, 3.63) is 84.3 Å². The molecule has 2 heterocycles. The van der Waals surface area contributed by atoms with Crippen LogP contribution in [-0.4, -0.2) is 79.3 Å². The molecule has 0 spiro atoms. The number of hydrogen-bond donors (Lipinski definition) is 3. The zero-order chi connectivity index (χ0) is 25.4. The number of aliphatic hydroxyl groups excluding tert-OH is 3. The Kier molecular flexibility index (Phi) is 6.50. The number of benzene rings is 3. The van der Waals surface area contributed by atoms with Crippen LogP contribution >= 0.6 is 0 Å². The van der Waals surface area contributed by atoms with Gasteiger partial charge in [0.15, 0.2) is 6.23 Å². The molecule has 1 amide bonds. The Balaban J connectivity index is 1.44. The van der Waals surface area contributed by atoms with Crippen molar-refractivity contribution in [3.63, 3.8) is 0 Å². The predicted octanol–water partition coefficient (Wildman–Crippen LogP) is 1.99. The van der Waals surface area contributed by atoms with Crippen molar-refractivity contribution in [1.82, 2.24) is 19.9 Å². The highest BCUT2D eigenvalue weighted by Crippen LogP contribution is 2.32. The normalized spacial score (nSPS) is 24.1. The van der Waals surface area contributed by atoms with Crippen LogP contribution in [-0.2, 0) is 4.74 Å². The standard InChI is InChI=1S/C26H25FN4O5/c1-30(25(35)18-10-9-15-5-2-3-6-16(15)11-18)26-24(34)22(23(33)21(14-32)36-26)31-13-20(28-29-31)17-7-4-8-19(27)12-17/h2-13,21-24,26,32-34H,14H2,1H3/t21-,22+,23+,24-,26-/m1/s1. The van der Waals surface area contributed by atoms with Gasteiger partial charge in [0.1, 0.15) is 35.9 Å². The van der Waals surface area contributed by atoms with Gasteiger partial charge in [-0.05, 0) is 35.0 Å². The minimum Gasteiger partial charge on any atom is -0.394 e. The number of likely N-dealkylation sites (N-methyl/N-ethyl adjacent to an activating group) is 1. The average Bonchev–Trinajstić information content (AvgIpc) is 3.38. The molecular weight excluding hydrogens is 467 g/mol. The Bertz CT molecular complexity index is 1400. The maximum atomic E-state index is 13.7. The van der Waals surface area contributed by atoms with Crippen LogP contribution in [0.5, 0.6) is 0 Å². The van der Waals surface area contributed by atoms with E-state index < -0.39 is 48.9 Å². The third-order valence-electron chi connectivity index (χ3n) is 6.50. The number of amides is 1. The summed E-state index contributed by atoms with van der Waals surface area (Å²) in [4.78, 5) is 14.6. The molecule has 0 radical (unpaired) electrons. The van der Waals surface area contributed by atoms with E-state index in [1.54, 1.807) is 18.2 Å². The number of aliphatic hydroxyl groups is 3. The van der Waals surface area contributed by atoms with Crippen LogP contribution in [0.1, 0.15) is 16.4 Å². The van der Waals surface area contributed by atoms with E-state index in [1.165, 1.54) is 41.0 Å². The van der Waals surface area contributed by atoms with Gasteiger partial charge in [0.2, 0.25) is 0 Å². The fourth-order valence-electron chi connectivity index (χ4n) is 4.56. The first-order chi connectivity index (χ1) is 17.4. The molecule has 3 N–H and O–H groups in total. The number of rotatable bonds is 5. The van der Waals surface area contributed by atoms with Crippen LogP contribution < -0.4 is 0 Å². The van der Waals surface area contributed by atoms with Gasteiger partial charge in [-0.3, -0.25) is 4.79 Å². The Morgan fingerprint density at radius 1 is 1.06 bits per heavy atom. The van der Waals surface area contributed by atoms with E-state index in [-0.39, 0.29) is 0 Å². The summed E-state index contributed by atoms with van der Waals surface area (Å²) < 4.78 is 20.7. The van der Waals surface area contributed by atoms with Crippen molar-refractivity contribution < 1.29 is 29.2 Å². The van der Waals surface area contributed by atoms with E-state index in [1.807, 2.05) is 30.3 Å². The predicted molar refractivity (Wildman–Crippen MR) is 128 cm³/mol. The number of nitrogens with zero attached hydrogens (tertiary/aromatic N) is 4. The summed E-state index contributed by atoms with van der Waals surface area (Å²) in [5.74, 6) is -0.849. The number of carbonyl (C=O) groups excluding carboxylic acids is 1. The van der Waals surface area contributed by atoms with Gasteiger partial charge < -0.3 is 25.0 Å². The zero-order valence-corrected chi connectivity index (χ0v) is 19.3. The summed E-state index contributed by atoms with van der Waals surface area (Å²) in [6.45, 7) is -0.551. The molecule has 3 aromatic carbocycles. The Morgan fingerprint density at radius 2 is 1.83 bits per heavy atom. The van der Waals surface area contributed by atoms with Crippen molar-refractivity contribution in [2.24, 2.45) is 0 Å². The largest absolute Gasteiger partial charge is 0.394 e. The lowest BCUT2D eigenvalue weighted by Gasteiger charge is -2.45. The first-order valence-electron chi connectivity index (χ1n) is 11.4. The van der Waals surface area contributed by atoms with Crippen molar-refractivity contribution in [2.75, 3.05) is 13.7 Å². The Morgan fingerprint density at radius 3 is 2.58 bits per heavy atom. The number of halogens is 1. The maximum absolute atomic E-state index is 13.7. The minimum atomic E-state index is -1.42. The van der Waals surface area contributed by atoms with Crippen LogP contribution in [0, 0.1) is 5.82 Å². The smallest absolute Gasteiger partial charge is 0.255 e. The van der Waals surface area contributed by atoms with Crippen LogP contribution in [0.15, 0.2) is 72.9 Å². The molecule has 0 unspecified atom stereocenters. The lowest BCUT2D eigenvalue weighted by molar-refractivity contribution is -0.235. The topological polar surface area (TPSA) is 121 Å². The van der Waals surface area contributed by atoms with Gasteiger partial charge in [-0.15, -0.1) is 5.10 Å². The van der Waals surface area contributed by atoms with Crippen LogP contribution in [0.25, 0.3) is 22.0 Å². The summed E-state index contributed by atoms with van der Waals surface area (Å²) in [5.41, 5.74) is 1.19. The molecule has 4 aromatic rings. The summed E-state index contributed by atoms with van der Waals surface area (Å²) in [5, 5.41) is 41.9. The molecule has 1 aliphatic heterocycles. The molecule has 5 atom stereocenters. The molecule has 1 saturated heterocycles. The highest BCUT2D eigenvalue weighted by Gasteiger charge is 2.48. The van der Waals surface area contributed by atoms with Gasteiger partial charge in [-0.25, -0.2) is 9.07 Å². The Labute approximate surface area is 206 Å². The van der Waals surface area contributed by atoms with Crippen LogP contribution in [0.2, 0.25) is 0 Å². The van der Waals surface area contributed by atoms with Crippen molar-refractivity contribution in [3.8, 4) is 11.3 Å². The highest BCUT2D eigenvalue weighted by molar-refractivity contribution is 5.98. The second-order valence-electron chi connectivity index (χ2n) is 8.79. The molecule has 0 aliphatic carbocycles. The van der Waals surface area contributed by atoms with Gasteiger partial charge in [0, 0.05) is 18.2 Å². The first kappa shape index (κ1) is 24.0. The fraction of sp³-hybridized carbons (Fsp3) is 0.269. The number of hydrogen-bond acceptors (Lipinski definition) is 7. The monoisotopic (exact) mass is 492 g/mol. The fourth-order valence-corrected chi connectivity index (χ4v) is 4.56. The van der Waals surface area contributed by atoms with Crippen molar-refractivity contribution in [2.45, 2.75) is 30.6 Å². The van der Waals surface area contributed by atoms with Gasteiger partial charge >= 0.3 is 0 Å². The molecule has 1 fully saturated rings. The summed E-state index contributed by atoms with van der Waals surface area (Å²) in [7, 11) is 1.48. The van der Waals surface area contributed by atoms with E-state index >= 15 is 0 Å². The van der Waals surface area contributed by atoms with Crippen molar-refractivity contribution in [1.29, 1.82) is 0 Å². The van der Waals surface area contributed by atoms with Gasteiger partial charge in [0.05, 0.1) is 12.8 Å². The minimum absolute atomic E-state index is 0.332. The van der Waals surface area contributed by atoms with E-state index in [4.69, 9.17) is 4.74 Å². The third kappa shape index (κ3) is 4.35. The summed E-state index contributed by atoms with van der Waals surface area (Å²) in [6.07, 6.45) is -3.60. The number of carbonyl (C=O) groups is 1. The second kappa shape index (κ2) is 9.75. The van der Waals surface area contributed by atoms with Crippen LogP contribution in [0.4, 0.5) is 4.39 Å². The summed E-state index contributed by atoms with van der Waals surface area (Å²) >= 11 is 0. The number of aromatic nitrogens is 3. The van der Waals surface area contributed by atoms with E-state index in [0.29, 0.717) is 16.8 Å². The molecular formula is C26H25FN4O5. The van der Waals surface area contributed by atoms with Gasteiger partial charge in [-0.2, -0.15) is 0 Å². The molecule has 1 aromatic heterocycles. The van der Waals surface area contributed by atoms with E-state index in [0.717, 1.165) is 10.8 Å². The highest BCUT2D eigenvalue weighted by atomic mass is 19.1. The second-order valence-corrected chi connectivity index (χ2v) is 8.79. The van der Waals surface area contributed by atoms with Crippen molar-refractivity contribution >= 4 is 16.7 Å². The lowest BCUT2D eigenvalue weighted by Crippen LogP contribution is -2.61. The molecule has 0 saturated carbocycles. The SMILES string of the molecule is CN(C(=O)c1ccc2ccccc2c1)[C@@H]1O[C@H](CO)[C@H](O)[C@H](n2cc(-c3cccc(F)c3)nn2)[C@H]1O. The molecule has 0 bridgehead atoms. The lowest BCUT2D eigenvalue weighted by atomic mass is 9.94. The quantitative estimate of drug-likeness (QED) is 0.390. The average molecular weight is 493 g/mol. The molecule has 9 nitrogen and oxygen atoms in total. The van der Waals surface area contributed by atoms with Crippen LogP contribution in [0.3, 0.4) is 0 Å². The number of ether oxygens (including phenoxy) is 1. The van der Waals surface area contributed by atoms with Gasteiger partial charge in [-0.1, -0.05) is 47.7 Å². The molecule has 36 heavy (non-hydrogen) atoms. The number of fused-ring (bicyclic) bond motifs is 1. The summed E-state index contributed by atoms with van der Waals surface area (Å²) in [6, 6.07) is 17.6. The molecule has 1 aliphatic rings. The van der Waals surface area contributed by atoms with E-state index in [2.05, 4.69) is 10.3 Å². The molecule has 186 valence electrons. The van der Waals surface area contributed by atoms with Gasteiger partial charge in [0.25, 0.3) is 5.91 Å². The maximum Gasteiger partial charge on any atom is 0.255 e. The Hall–Kier alpha value is -3.70. The zero-order valence-electron chi connectivity index (χ0n) is 19.3. The third-order valence-corrected chi connectivity index (χ3v) is 6.50. The first-order valence-corrected chi connectivity index (χ1v) is 11.4. The molecule has 10 heteroatoms. The van der Waals surface area contributed by atoms with E-state index in [9.17, 15) is 24.5 Å². The molecule has 5 rings (SSSR count).